The molecule has 0 saturated carbocycles. The van der Waals surface area contributed by atoms with E-state index in [4.69, 9.17) is 23.2 Å². The van der Waals surface area contributed by atoms with E-state index in [9.17, 15) is 15.2 Å². The molecule has 0 heterocycles. The molecule has 0 radical (unpaired) electrons. The Morgan fingerprint density at radius 2 is 1.87 bits per heavy atom. The lowest BCUT2D eigenvalue weighted by Gasteiger charge is -2.07. The summed E-state index contributed by atoms with van der Waals surface area (Å²) in [6, 6.07) is 11.9. The van der Waals surface area contributed by atoms with Crippen LogP contribution in [0.2, 0.25) is 10.0 Å². The molecule has 2 N–H and O–H groups in total. The fourth-order valence-corrected chi connectivity index (χ4v) is 2.39. The molecule has 6 heteroatoms. The molecular weight excluding hydrogens is 335 g/mol. The number of phenolic OH excluding ortho intramolecular Hbond substituents is 1. The minimum Gasteiger partial charge on any atom is -0.505 e. The highest BCUT2D eigenvalue weighted by atomic mass is 35.5. The van der Waals surface area contributed by atoms with Gasteiger partial charge in [0.15, 0.2) is 5.75 Å². The maximum atomic E-state index is 12.2. The number of halogens is 2. The van der Waals surface area contributed by atoms with Crippen molar-refractivity contribution in [2.24, 2.45) is 0 Å². The Balaban J connectivity index is 2.31. The molecule has 2 aromatic carbocycles. The van der Waals surface area contributed by atoms with Crippen LogP contribution >= 0.6 is 23.2 Å². The molecule has 4 nitrogen and oxygen atoms in total. The van der Waals surface area contributed by atoms with Crippen LogP contribution in [-0.2, 0) is 4.79 Å². The molecule has 2 rings (SSSR count). The summed E-state index contributed by atoms with van der Waals surface area (Å²) in [4.78, 5) is 12.2. The van der Waals surface area contributed by atoms with Gasteiger partial charge in [0.25, 0.3) is 5.91 Å². The van der Waals surface area contributed by atoms with Crippen molar-refractivity contribution in [2.75, 3.05) is 5.32 Å². The number of hydrogen-bond donors (Lipinski definition) is 2. The number of phenols is 1. The lowest BCUT2D eigenvalue weighted by molar-refractivity contribution is -0.112. The first-order valence-corrected chi connectivity index (χ1v) is 7.34. The molecule has 0 saturated heterocycles. The number of aromatic hydroxyl groups is 1. The zero-order valence-corrected chi connectivity index (χ0v) is 13.6. The molecule has 0 aliphatic heterocycles. The van der Waals surface area contributed by atoms with Gasteiger partial charge in [-0.05, 0) is 42.3 Å². The highest BCUT2D eigenvalue weighted by Crippen LogP contribution is 2.33. The first-order valence-electron chi connectivity index (χ1n) is 6.59. The second kappa shape index (κ2) is 7.19. The number of rotatable bonds is 3. The number of carbonyl (C=O) groups excluding carboxylic acids is 1. The van der Waals surface area contributed by atoms with Crippen LogP contribution in [-0.4, -0.2) is 11.0 Å². The monoisotopic (exact) mass is 346 g/mol. The molecule has 23 heavy (non-hydrogen) atoms. The van der Waals surface area contributed by atoms with Crippen molar-refractivity contribution in [3.05, 3.63) is 63.1 Å². The first kappa shape index (κ1) is 16.9. The van der Waals surface area contributed by atoms with Crippen LogP contribution in [0.25, 0.3) is 6.08 Å². The number of nitriles is 1. The van der Waals surface area contributed by atoms with E-state index >= 15 is 0 Å². The van der Waals surface area contributed by atoms with Crippen molar-refractivity contribution in [3.63, 3.8) is 0 Å². The second-order valence-corrected chi connectivity index (χ2v) is 5.59. The molecule has 2 aromatic rings. The first-order chi connectivity index (χ1) is 10.9. The second-order valence-electron chi connectivity index (χ2n) is 4.77. The Labute approximate surface area is 143 Å². The minimum atomic E-state index is -0.540. The van der Waals surface area contributed by atoms with Gasteiger partial charge in [-0.25, -0.2) is 0 Å². The number of aryl methyl sites for hydroxylation is 1. The van der Waals surface area contributed by atoms with Crippen LogP contribution in [0, 0.1) is 18.3 Å². The van der Waals surface area contributed by atoms with Crippen LogP contribution < -0.4 is 5.32 Å². The average Bonchev–Trinajstić information content (AvgIpc) is 2.52. The van der Waals surface area contributed by atoms with E-state index in [-0.39, 0.29) is 21.4 Å². The molecule has 0 spiro atoms. The summed E-state index contributed by atoms with van der Waals surface area (Å²) in [6.45, 7) is 1.85. The fraction of sp³-hybridized carbons (Fsp3) is 0.0588. The van der Waals surface area contributed by atoms with Gasteiger partial charge in [-0.2, -0.15) is 5.26 Å². The Morgan fingerprint density at radius 1 is 1.26 bits per heavy atom. The highest BCUT2D eigenvalue weighted by Gasteiger charge is 2.12. The maximum Gasteiger partial charge on any atom is 0.266 e. The molecule has 0 aliphatic carbocycles. The third-order valence-electron chi connectivity index (χ3n) is 3.11. The van der Waals surface area contributed by atoms with E-state index < -0.39 is 5.91 Å². The van der Waals surface area contributed by atoms with Crippen LogP contribution in [0.4, 0.5) is 5.69 Å². The SMILES string of the molecule is Cc1ccccc1NC(=O)/C(C#N)=C\c1cc(Cl)c(O)c(Cl)c1. The standard InChI is InChI=1S/C17H12Cl2N2O2/c1-10-4-2-3-5-15(10)21-17(23)12(9-20)6-11-7-13(18)16(22)14(19)8-11/h2-8,22H,1H3,(H,21,23)/b12-6-. The third-order valence-corrected chi connectivity index (χ3v) is 3.68. The number of benzene rings is 2. The summed E-state index contributed by atoms with van der Waals surface area (Å²) in [6.07, 6.45) is 1.35. The van der Waals surface area contributed by atoms with Crippen LogP contribution in [0.3, 0.4) is 0 Å². The van der Waals surface area contributed by atoms with Gasteiger partial charge >= 0.3 is 0 Å². The van der Waals surface area contributed by atoms with E-state index in [0.29, 0.717) is 11.3 Å². The molecule has 0 bridgehead atoms. The zero-order chi connectivity index (χ0) is 17.0. The summed E-state index contributed by atoms with van der Waals surface area (Å²) in [5.41, 5.74) is 1.84. The van der Waals surface area contributed by atoms with Crippen molar-refractivity contribution in [3.8, 4) is 11.8 Å². The molecule has 0 unspecified atom stereocenters. The van der Waals surface area contributed by atoms with Gasteiger partial charge < -0.3 is 10.4 Å². The molecule has 0 aliphatic rings. The number of amides is 1. The minimum absolute atomic E-state index is 0.0420. The van der Waals surface area contributed by atoms with Gasteiger partial charge in [0, 0.05) is 5.69 Å². The van der Waals surface area contributed by atoms with Crippen molar-refractivity contribution in [1.82, 2.24) is 0 Å². The summed E-state index contributed by atoms with van der Waals surface area (Å²) in [7, 11) is 0. The van der Waals surface area contributed by atoms with Gasteiger partial charge in [0.1, 0.15) is 11.6 Å². The smallest absolute Gasteiger partial charge is 0.266 e. The third kappa shape index (κ3) is 4.04. The maximum absolute atomic E-state index is 12.2. The van der Waals surface area contributed by atoms with E-state index in [2.05, 4.69) is 5.32 Å². The summed E-state index contributed by atoms with van der Waals surface area (Å²) < 4.78 is 0. The zero-order valence-electron chi connectivity index (χ0n) is 12.1. The van der Waals surface area contributed by atoms with E-state index in [1.165, 1.54) is 18.2 Å². The number of hydrogen-bond acceptors (Lipinski definition) is 3. The topological polar surface area (TPSA) is 73.1 Å². The summed E-state index contributed by atoms with van der Waals surface area (Å²) >= 11 is 11.7. The predicted molar refractivity (Wildman–Crippen MR) is 91.5 cm³/mol. The molecule has 0 aromatic heterocycles. The number of para-hydroxylation sites is 1. The van der Waals surface area contributed by atoms with Crippen LogP contribution in [0.1, 0.15) is 11.1 Å². The van der Waals surface area contributed by atoms with Crippen molar-refractivity contribution >= 4 is 40.9 Å². The van der Waals surface area contributed by atoms with Gasteiger partial charge in [0.05, 0.1) is 10.0 Å². The molecule has 0 fully saturated rings. The van der Waals surface area contributed by atoms with Gasteiger partial charge in [-0.3, -0.25) is 4.79 Å². The van der Waals surface area contributed by atoms with Crippen LogP contribution in [0.15, 0.2) is 42.0 Å². The van der Waals surface area contributed by atoms with E-state index in [0.717, 1.165) is 5.56 Å². The number of carbonyl (C=O) groups is 1. The molecule has 116 valence electrons. The fourth-order valence-electron chi connectivity index (χ4n) is 1.89. The summed E-state index contributed by atoms with van der Waals surface area (Å²) in [5.74, 6) is -0.782. The van der Waals surface area contributed by atoms with Crippen molar-refractivity contribution < 1.29 is 9.90 Å². The quantitative estimate of drug-likeness (QED) is 0.632. The largest absolute Gasteiger partial charge is 0.505 e. The Kier molecular flexibility index (Phi) is 5.28. The Bertz CT molecular complexity index is 816. The lowest BCUT2D eigenvalue weighted by atomic mass is 10.1. The van der Waals surface area contributed by atoms with E-state index in [1.807, 2.05) is 25.1 Å². The van der Waals surface area contributed by atoms with Crippen molar-refractivity contribution in [2.45, 2.75) is 6.92 Å². The van der Waals surface area contributed by atoms with E-state index in [1.54, 1.807) is 12.1 Å². The number of anilines is 1. The van der Waals surface area contributed by atoms with Gasteiger partial charge in [-0.1, -0.05) is 41.4 Å². The summed E-state index contributed by atoms with van der Waals surface area (Å²) in [5, 5.41) is 21.5. The predicted octanol–water partition coefficient (Wildman–Crippen LogP) is 4.55. The van der Waals surface area contributed by atoms with Gasteiger partial charge in [-0.15, -0.1) is 0 Å². The van der Waals surface area contributed by atoms with Crippen LogP contribution in [0.5, 0.6) is 5.75 Å². The molecule has 0 atom stereocenters. The Hall–Kier alpha value is -2.48. The number of nitrogens with zero attached hydrogens (tertiary/aromatic N) is 1. The lowest BCUT2D eigenvalue weighted by Crippen LogP contribution is -2.14. The molecule has 1 amide bonds. The Morgan fingerprint density at radius 3 is 2.43 bits per heavy atom. The number of nitrogens with one attached hydrogen (secondary N) is 1. The van der Waals surface area contributed by atoms with Gasteiger partial charge in [0.2, 0.25) is 0 Å². The highest BCUT2D eigenvalue weighted by molar-refractivity contribution is 6.37. The van der Waals surface area contributed by atoms with Crippen molar-refractivity contribution in [1.29, 1.82) is 5.26 Å². The molecular formula is C17H12Cl2N2O2. The normalized spacial score (nSPS) is 11.0. The average molecular weight is 347 g/mol.